The molecule has 140 valence electrons. The molecule has 2 aromatic rings. The third-order valence-corrected chi connectivity index (χ3v) is 5.70. The molecule has 1 amide bonds. The summed E-state index contributed by atoms with van der Waals surface area (Å²) in [6.07, 6.45) is 2.05. The van der Waals surface area contributed by atoms with Gasteiger partial charge in [0, 0.05) is 18.0 Å². The standard InChI is InChI=1S/C19H22F2N2O2S/c1-22-12-13-8-10-23(11-9-13)18(24)17-7-6-16(26-17)14-2-4-15(5-3-14)25-19(20)21/h2-7,13,19,22H,8-12H2,1H3. The number of nitrogens with zero attached hydrogens (tertiary/aromatic N) is 1. The molecule has 1 aromatic heterocycles. The Balaban J connectivity index is 1.63. The van der Waals surface area contributed by atoms with Crippen molar-refractivity contribution < 1.29 is 18.3 Å². The molecule has 1 saturated heterocycles. The van der Waals surface area contributed by atoms with Crippen molar-refractivity contribution >= 4 is 17.2 Å². The van der Waals surface area contributed by atoms with Crippen LogP contribution in [-0.4, -0.2) is 44.1 Å². The van der Waals surface area contributed by atoms with Gasteiger partial charge >= 0.3 is 6.61 Å². The van der Waals surface area contributed by atoms with Crippen LogP contribution in [0.15, 0.2) is 36.4 Å². The van der Waals surface area contributed by atoms with Crippen molar-refractivity contribution in [1.29, 1.82) is 0 Å². The van der Waals surface area contributed by atoms with E-state index in [1.165, 1.54) is 23.5 Å². The number of carbonyl (C=O) groups excluding carboxylic acids is 1. The Morgan fingerprint density at radius 1 is 1.23 bits per heavy atom. The van der Waals surface area contributed by atoms with E-state index < -0.39 is 6.61 Å². The Bertz CT molecular complexity index is 725. The number of alkyl halides is 2. The molecular weight excluding hydrogens is 358 g/mol. The first-order valence-corrected chi connectivity index (χ1v) is 9.47. The van der Waals surface area contributed by atoms with Gasteiger partial charge in [0.15, 0.2) is 0 Å². The summed E-state index contributed by atoms with van der Waals surface area (Å²) in [5.41, 5.74) is 0.878. The number of hydrogen-bond acceptors (Lipinski definition) is 4. The van der Waals surface area contributed by atoms with Crippen LogP contribution in [0.2, 0.25) is 0 Å². The van der Waals surface area contributed by atoms with E-state index in [9.17, 15) is 13.6 Å². The lowest BCUT2D eigenvalue weighted by Crippen LogP contribution is -2.40. The van der Waals surface area contributed by atoms with Crippen LogP contribution in [0.1, 0.15) is 22.5 Å². The minimum Gasteiger partial charge on any atom is -0.435 e. The molecule has 3 rings (SSSR count). The van der Waals surface area contributed by atoms with Crippen LogP contribution in [0, 0.1) is 5.92 Å². The zero-order valence-electron chi connectivity index (χ0n) is 14.6. The maximum atomic E-state index is 12.7. The predicted molar refractivity (Wildman–Crippen MR) is 98.9 cm³/mol. The molecule has 7 heteroatoms. The minimum absolute atomic E-state index is 0.0711. The SMILES string of the molecule is CNCC1CCN(C(=O)c2ccc(-c3ccc(OC(F)F)cc3)s2)CC1. The van der Waals surface area contributed by atoms with Gasteiger partial charge in [0.1, 0.15) is 5.75 Å². The summed E-state index contributed by atoms with van der Waals surface area (Å²) >= 11 is 1.43. The van der Waals surface area contributed by atoms with Gasteiger partial charge in [-0.25, -0.2) is 0 Å². The summed E-state index contributed by atoms with van der Waals surface area (Å²) in [5.74, 6) is 0.833. The quantitative estimate of drug-likeness (QED) is 0.821. The Labute approximate surface area is 155 Å². The predicted octanol–water partition coefficient (Wildman–Crippen LogP) is 4.09. The van der Waals surface area contributed by atoms with Gasteiger partial charge in [-0.3, -0.25) is 4.79 Å². The zero-order valence-corrected chi connectivity index (χ0v) is 15.4. The van der Waals surface area contributed by atoms with Crippen LogP contribution >= 0.6 is 11.3 Å². The van der Waals surface area contributed by atoms with E-state index in [-0.39, 0.29) is 11.7 Å². The number of ether oxygens (including phenoxy) is 1. The lowest BCUT2D eigenvalue weighted by molar-refractivity contribution is -0.0498. The van der Waals surface area contributed by atoms with Gasteiger partial charge in [-0.1, -0.05) is 0 Å². The number of rotatable bonds is 6. The average molecular weight is 380 g/mol. The fourth-order valence-electron chi connectivity index (χ4n) is 3.19. The second-order valence-corrected chi connectivity index (χ2v) is 7.44. The first-order chi connectivity index (χ1) is 12.6. The van der Waals surface area contributed by atoms with Crippen molar-refractivity contribution in [2.45, 2.75) is 19.5 Å². The molecule has 1 fully saturated rings. The van der Waals surface area contributed by atoms with Gasteiger partial charge in [0.25, 0.3) is 5.91 Å². The van der Waals surface area contributed by atoms with E-state index in [1.54, 1.807) is 12.1 Å². The van der Waals surface area contributed by atoms with Crippen LogP contribution < -0.4 is 10.1 Å². The highest BCUT2D eigenvalue weighted by Gasteiger charge is 2.24. The molecule has 0 bridgehead atoms. The number of hydrogen-bond donors (Lipinski definition) is 1. The lowest BCUT2D eigenvalue weighted by Gasteiger charge is -2.31. The average Bonchev–Trinajstić information content (AvgIpc) is 3.12. The van der Waals surface area contributed by atoms with Crippen LogP contribution in [0.3, 0.4) is 0 Å². The summed E-state index contributed by atoms with van der Waals surface area (Å²) in [7, 11) is 1.96. The fraction of sp³-hybridized carbons (Fsp3) is 0.421. The zero-order chi connectivity index (χ0) is 18.5. The van der Waals surface area contributed by atoms with Crippen molar-refractivity contribution in [3.8, 4) is 16.2 Å². The molecule has 4 nitrogen and oxygen atoms in total. The largest absolute Gasteiger partial charge is 0.435 e. The number of carbonyl (C=O) groups is 1. The van der Waals surface area contributed by atoms with E-state index in [0.29, 0.717) is 10.8 Å². The maximum absolute atomic E-state index is 12.7. The van der Waals surface area contributed by atoms with Crippen LogP contribution in [0.25, 0.3) is 10.4 Å². The summed E-state index contributed by atoms with van der Waals surface area (Å²) in [6.45, 7) is -0.254. The molecule has 1 aliphatic heterocycles. The van der Waals surface area contributed by atoms with Gasteiger partial charge in [0.2, 0.25) is 0 Å². The van der Waals surface area contributed by atoms with E-state index in [0.717, 1.165) is 42.9 Å². The van der Waals surface area contributed by atoms with Gasteiger partial charge in [-0.05, 0) is 74.3 Å². The number of halogens is 2. The molecule has 0 aliphatic carbocycles. The van der Waals surface area contributed by atoms with Crippen molar-refractivity contribution in [1.82, 2.24) is 10.2 Å². The molecule has 0 saturated carbocycles. The molecular formula is C19H22F2N2O2S. The van der Waals surface area contributed by atoms with Crippen molar-refractivity contribution in [2.24, 2.45) is 5.92 Å². The molecule has 2 heterocycles. The topological polar surface area (TPSA) is 41.6 Å². The van der Waals surface area contributed by atoms with E-state index in [4.69, 9.17) is 0 Å². The highest BCUT2D eigenvalue weighted by molar-refractivity contribution is 7.17. The third-order valence-electron chi connectivity index (χ3n) is 4.58. The first kappa shape index (κ1) is 18.8. The number of piperidine rings is 1. The number of amides is 1. The first-order valence-electron chi connectivity index (χ1n) is 8.66. The second kappa shape index (κ2) is 8.60. The smallest absolute Gasteiger partial charge is 0.387 e. The molecule has 0 spiro atoms. The van der Waals surface area contributed by atoms with E-state index in [2.05, 4.69) is 10.1 Å². The van der Waals surface area contributed by atoms with Gasteiger partial charge < -0.3 is 15.0 Å². The highest BCUT2D eigenvalue weighted by Crippen LogP contribution is 2.31. The normalized spacial score (nSPS) is 15.5. The van der Waals surface area contributed by atoms with Crippen molar-refractivity contribution in [3.05, 3.63) is 41.3 Å². The Morgan fingerprint density at radius 3 is 2.54 bits per heavy atom. The Hall–Kier alpha value is -1.99. The van der Waals surface area contributed by atoms with Crippen molar-refractivity contribution in [2.75, 3.05) is 26.7 Å². The van der Waals surface area contributed by atoms with Crippen LogP contribution in [-0.2, 0) is 0 Å². The Kier molecular flexibility index (Phi) is 6.21. The van der Waals surface area contributed by atoms with E-state index in [1.807, 2.05) is 24.1 Å². The maximum Gasteiger partial charge on any atom is 0.387 e. The molecule has 1 aromatic carbocycles. The van der Waals surface area contributed by atoms with Crippen molar-refractivity contribution in [3.63, 3.8) is 0 Å². The van der Waals surface area contributed by atoms with Gasteiger partial charge in [-0.2, -0.15) is 8.78 Å². The summed E-state index contributed by atoms with van der Waals surface area (Å²) < 4.78 is 28.8. The van der Waals surface area contributed by atoms with Gasteiger partial charge in [-0.15, -0.1) is 11.3 Å². The summed E-state index contributed by atoms with van der Waals surface area (Å²) in [6, 6.07) is 10.2. The van der Waals surface area contributed by atoms with E-state index >= 15 is 0 Å². The molecule has 26 heavy (non-hydrogen) atoms. The number of nitrogens with one attached hydrogen (secondary N) is 1. The lowest BCUT2D eigenvalue weighted by atomic mass is 9.97. The fourth-order valence-corrected chi connectivity index (χ4v) is 4.17. The molecule has 0 unspecified atom stereocenters. The van der Waals surface area contributed by atoms with Crippen LogP contribution in [0.4, 0.5) is 8.78 Å². The van der Waals surface area contributed by atoms with Gasteiger partial charge in [0.05, 0.1) is 4.88 Å². The number of likely N-dealkylation sites (tertiary alicyclic amines) is 1. The highest BCUT2D eigenvalue weighted by atomic mass is 32.1. The monoisotopic (exact) mass is 380 g/mol. The number of thiophene rings is 1. The molecule has 1 aliphatic rings. The summed E-state index contributed by atoms with van der Waals surface area (Å²) in [4.78, 5) is 16.3. The number of benzene rings is 1. The van der Waals surface area contributed by atoms with Crippen LogP contribution in [0.5, 0.6) is 5.75 Å². The minimum atomic E-state index is -2.83. The molecule has 0 atom stereocenters. The third kappa shape index (κ3) is 4.59. The Morgan fingerprint density at radius 2 is 1.92 bits per heavy atom. The second-order valence-electron chi connectivity index (χ2n) is 6.36. The molecule has 1 N–H and O–H groups in total. The summed E-state index contributed by atoms with van der Waals surface area (Å²) in [5, 5.41) is 3.20. The molecule has 0 radical (unpaired) electrons.